The third-order valence-electron chi connectivity index (χ3n) is 3.95. The SMILES string of the molecule is CCC1CN(Cc2c(C(=O)O)sc3ccccc23)CCO1. The monoisotopic (exact) mass is 305 g/mol. The molecule has 0 radical (unpaired) electrons. The Morgan fingerprint density at radius 2 is 2.29 bits per heavy atom. The van der Waals surface area contributed by atoms with E-state index in [2.05, 4.69) is 11.8 Å². The second-order valence-electron chi connectivity index (χ2n) is 5.35. The summed E-state index contributed by atoms with van der Waals surface area (Å²) in [4.78, 5) is 14.3. The van der Waals surface area contributed by atoms with E-state index in [-0.39, 0.29) is 6.10 Å². The summed E-state index contributed by atoms with van der Waals surface area (Å²) in [6.07, 6.45) is 1.25. The van der Waals surface area contributed by atoms with Crippen molar-refractivity contribution in [2.75, 3.05) is 19.7 Å². The van der Waals surface area contributed by atoms with Gasteiger partial charge >= 0.3 is 5.97 Å². The smallest absolute Gasteiger partial charge is 0.346 e. The fraction of sp³-hybridized carbons (Fsp3) is 0.438. The lowest BCUT2D eigenvalue weighted by Crippen LogP contribution is -2.41. The zero-order valence-corrected chi connectivity index (χ0v) is 12.9. The Hall–Kier alpha value is -1.43. The van der Waals surface area contributed by atoms with Gasteiger partial charge in [-0.1, -0.05) is 25.1 Å². The molecule has 1 saturated heterocycles. The molecule has 1 aromatic heterocycles. The van der Waals surface area contributed by atoms with Crippen LogP contribution in [0.3, 0.4) is 0 Å². The number of nitrogens with zero attached hydrogens (tertiary/aromatic N) is 1. The van der Waals surface area contributed by atoms with E-state index in [0.717, 1.165) is 41.8 Å². The number of benzene rings is 1. The largest absolute Gasteiger partial charge is 0.477 e. The van der Waals surface area contributed by atoms with Crippen molar-refractivity contribution in [2.45, 2.75) is 26.0 Å². The second kappa shape index (κ2) is 6.13. The number of ether oxygens (including phenoxy) is 1. The highest BCUT2D eigenvalue weighted by Gasteiger charge is 2.23. The first kappa shape index (κ1) is 14.5. The normalized spacial score (nSPS) is 20.0. The molecule has 0 aliphatic carbocycles. The topological polar surface area (TPSA) is 49.8 Å². The van der Waals surface area contributed by atoms with Gasteiger partial charge in [-0.05, 0) is 23.4 Å². The van der Waals surface area contributed by atoms with Crippen LogP contribution in [-0.4, -0.2) is 41.8 Å². The lowest BCUT2D eigenvalue weighted by atomic mass is 10.1. The molecule has 2 aromatic rings. The van der Waals surface area contributed by atoms with Crippen LogP contribution in [-0.2, 0) is 11.3 Å². The molecule has 0 amide bonds. The molecule has 1 aliphatic heterocycles. The number of rotatable bonds is 4. The van der Waals surface area contributed by atoms with Gasteiger partial charge in [-0.15, -0.1) is 11.3 Å². The van der Waals surface area contributed by atoms with E-state index in [1.807, 2.05) is 24.3 Å². The average Bonchev–Trinajstić information content (AvgIpc) is 2.87. The summed E-state index contributed by atoms with van der Waals surface area (Å²) in [6.45, 7) is 5.27. The van der Waals surface area contributed by atoms with Crippen LogP contribution in [0.1, 0.15) is 28.6 Å². The number of thiophene rings is 1. The third-order valence-corrected chi connectivity index (χ3v) is 5.15. The van der Waals surface area contributed by atoms with Crippen molar-refractivity contribution in [3.05, 3.63) is 34.7 Å². The predicted octanol–water partition coefficient (Wildman–Crippen LogP) is 3.21. The zero-order valence-electron chi connectivity index (χ0n) is 12.0. The highest BCUT2D eigenvalue weighted by atomic mass is 32.1. The van der Waals surface area contributed by atoms with Crippen LogP contribution in [0.15, 0.2) is 24.3 Å². The molecule has 0 saturated carbocycles. The summed E-state index contributed by atoms with van der Waals surface area (Å²) >= 11 is 1.37. The fourth-order valence-corrected chi connectivity index (χ4v) is 3.88. The first-order valence-corrected chi connectivity index (χ1v) is 8.08. The highest BCUT2D eigenvalue weighted by Crippen LogP contribution is 2.32. The summed E-state index contributed by atoms with van der Waals surface area (Å²) in [7, 11) is 0. The Kier molecular flexibility index (Phi) is 4.24. The Balaban J connectivity index is 1.91. The number of carbonyl (C=O) groups is 1. The van der Waals surface area contributed by atoms with E-state index < -0.39 is 5.97 Å². The highest BCUT2D eigenvalue weighted by molar-refractivity contribution is 7.21. The Morgan fingerprint density at radius 1 is 1.48 bits per heavy atom. The number of aromatic carboxylic acids is 1. The predicted molar refractivity (Wildman–Crippen MR) is 84.1 cm³/mol. The molecule has 21 heavy (non-hydrogen) atoms. The van der Waals surface area contributed by atoms with Gasteiger partial charge in [0.25, 0.3) is 0 Å². The first-order valence-electron chi connectivity index (χ1n) is 7.26. The molecule has 1 N–H and O–H groups in total. The first-order chi connectivity index (χ1) is 10.2. The molecular formula is C16H19NO3S. The van der Waals surface area contributed by atoms with Gasteiger partial charge in [-0.25, -0.2) is 4.79 Å². The van der Waals surface area contributed by atoms with Crippen molar-refractivity contribution in [1.82, 2.24) is 4.90 Å². The number of fused-ring (bicyclic) bond motifs is 1. The maximum atomic E-state index is 11.5. The summed E-state index contributed by atoms with van der Waals surface area (Å²) < 4.78 is 6.73. The summed E-state index contributed by atoms with van der Waals surface area (Å²) in [5.41, 5.74) is 0.944. The Morgan fingerprint density at radius 3 is 3.05 bits per heavy atom. The molecule has 0 spiro atoms. The van der Waals surface area contributed by atoms with Gasteiger partial charge in [-0.2, -0.15) is 0 Å². The van der Waals surface area contributed by atoms with E-state index in [1.165, 1.54) is 11.3 Å². The van der Waals surface area contributed by atoms with Gasteiger partial charge in [-0.3, -0.25) is 4.90 Å². The van der Waals surface area contributed by atoms with E-state index >= 15 is 0 Å². The molecule has 0 bridgehead atoms. The van der Waals surface area contributed by atoms with Crippen LogP contribution in [0.5, 0.6) is 0 Å². The maximum Gasteiger partial charge on any atom is 0.346 e. The van der Waals surface area contributed by atoms with Crippen molar-refractivity contribution in [3.8, 4) is 0 Å². The number of carboxylic acids is 1. The molecule has 2 heterocycles. The van der Waals surface area contributed by atoms with Gasteiger partial charge in [0.05, 0.1) is 12.7 Å². The molecule has 1 aliphatic rings. The number of hydrogen-bond donors (Lipinski definition) is 1. The van der Waals surface area contributed by atoms with Gasteiger partial charge in [0.2, 0.25) is 0 Å². The molecule has 1 fully saturated rings. The number of morpholine rings is 1. The molecular weight excluding hydrogens is 286 g/mol. The minimum Gasteiger partial charge on any atom is -0.477 e. The van der Waals surface area contributed by atoms with Gasteiger partial charge in [0.15, 0.2) is 0 Å². The van der Waals surface area contributed by atoms with Crippen LogP contribution in [0, 0.1) is 0 Å². The second-order valence-corrected chi connectivity index (χ2v) is 6.40. The minimum absolute atomic E-state index is 0.261. The summed E-state index contributed by atoms with van der Waals surface area (Å²) in [6, 6.07) is 7.93. The Labute approximate surface area is 127 Å². The van der Waals surface area contributed by atoms with Crippen LogP contribution in [0.2, 0.25) is 0 Å². The van der Waals surface area contributed by atoms with E-state index in [9.17, 15) is 9.90 Å². The van der Waals surface area contributed by atoms with Crippen LogP contribution >= 0.6 is 11.3 Å². The fourth-order valence-electron chi connectivity index (χ4n) is 2.82. The van der Waals surface area contributed by atoms with Gasteiger partial charge in [0, 0.05) is 24.3 Å². The summed E-state index contributed by atoms with van der Waals surface area (Å²) in [5.74, 6) is -0.827. The van der Waals surface area contributed by atoms with Gasteiger partial charge < -0.3 is 9.84 Å². The quantitative estimate of drug-likeness (QED) is 0.942. The molecule has 1 unspecified atom stereocenters. The Bertz CT molecular complexity index is 652. The average molecular weight is 305 g/mol. The minimum atomic E-state index is -0.827. The molecule has 3 rings (SSSR count). The molecule has 4 nitrogen and oxygen atoms in total. The zero-order chi connectivity index (χ0) is 14.8. The molecule has 112 valence electrons. The van der Waals surface area contributed by atoms with Crippen LogP contribution in [0.25, 0.3) is 10.1 Å². The standard InChI is InChI=1S/C16H19NO3S/c1-2-11-9-17(7-8-20-11)10-13-12-5-3-4-6-14(12)21-15(13)16(18)19/h3-6,11H,2,7-10H2,1H3,(H,18,19). The van der Waals surface area contributed by atoms with Crippen molar-refractivity contribution in [2.24, 2.45) is 0 Å². The van der Waals surface area contributed by atoms with Crippen LogP contribution < -0.4 is 0 Å². The van der Waals surface area contributed by atoms with E-state index in [1.54, 1.807) is 0 Å². The van der Waals surface area contributed by atoms with Crippen molar-refractivity contribution < 1.29 is 14.6 Å². The third kappa shape index (κ3) is 2.95. The van der Waals surface area contributed by atoms with Crippen molar-refractivity contribution in [3.63, 3.8) is 0 Å². The maximum absolute atomic E-state index is 11.5. The lowest BCUT2D eigenvalue weighted by Gasteiger charge is -2.32. The lowest BCUT2D eigenvalue weighted by molar-refractivity contribution is -0.0323. The van der Waals surface area contributed by atoms with Crippen molar-refractivity contribution in [1.29, 1.82) is 0 Å². The summed E-state index contributed by atoms with van der Waals surface area (Å²) in [5, 5.41) is 10.5. The number of hydrogen-bond acceptors (Lipinski definition) is 4. The van der Waals surface area contributed by atoms with Crippen molar-refractivity contribution >= 4 is 27.4 Å². The molecule has 1 atom stereocenters. The van der Waals surface area contributed by atoms with Crippen LogP contribution in [0.4, 0.5) is 0 Å². The molecule has 5 heteroatoms. The molecule has 1 aromatic carbocycles. The van der Waals surface area contributed by atoms with E-state index in [4.69, 9.17) is 4.74 Å². The van der Waals surface area contributed by atoms with Gasteiger partial charge in [0.1, 0.15) is 4.88 Å². The van der Waals surface area contributed by atoms with E-state index in [0.29, 0.717) is 11.4 Å². The number of carboxylic acid groups (broad SMARTS) is 1.